The van der Waals surface area contributed by atoms with Crippen LogP contribution in [0.5, 0.6) is 0 Å². The van der Waals surface area contributed by atoms with E-state index < -0.39 is 5.41 Å². The summed E-state index contributed by atoms with van der Waals surface area (Å²) in [7, 11) is 0. The zero-order valence-electron chi connectivity index (χ0n) is 29.1. The molecule has 0 spiro atoms. The Balaban J connectivity index is 1.09. The molecule has 0 atom stereocenters. The van der Waals surface area contributed by atoms with Gasteiger partial charge in [-0.3, -0.25) is 9.59 Å². The van der Waals surface area contributed by atoms with Gasteiger partial charge < -0.3 is 11.5 Å². The van der Waals surface area contributed by atoms with Crippen molar-refractivity contribution in [2.45, 2.75) is 18.3 Å². The third kappa shape index (κ3) is 5.22. The maximum Gasteiger partial charge on any atom is 0.167 e. The van der Waals surface area contributed by atoms with Gasteiger partial charge in [-0.1, -0.05) is 146 Å². The first-order valence-corrected chi connectivity index (χ1v) is 17.9. The molecule has 0 saturated heterocycles. The molecule has 0 heterocycles. The summed E-state index contributed by atoms with van der Waals surface area (Å²) >= 11 is 0. The van der Waals surface area contributed by atoms with Crippen molar-refractivity contribution in [1.29, 1.82) is 0 Å². The second-order valence-corrected chi connectivity index (χ2v) is 13.9. The first kappa shape index (κ1) is 32.1. The molecule has 4 nitrogen and oxygen atoms in total. The molecule has 1 aliphatic carbocycles. The van der Waals surface area contributed by atoms with E-state index in [4.69, 9.17) is 11.5 Å². The number of carbonyl (C=O) groups excluding carboxylic acids is 2. The molecule has 0 saturated carbocycles. The van der Waals surface area contributed by atoms with Crippen molar-refractivity contribution < 1.29 is 9.59 Å². The molecule has 0 radical (unpaired) electrons. The van der Waals surface area contributed by atoms with Gasteiger partial charge in [0.25, 0.3) is 0 Å². The third-order valence-electron chi connectivity index (χ3n) is 11.0. The number of ketones is 2. The van der Waals surface area contributed by atoms with E-state index in [9.17, 15) is 9.59 Å². The summed E-state index contributed by atoms with van der Waals surface area (Å²) in [5, 5.41) is 3.53. The normalized spacial score (nSPS) is 12.8. The van der Waals surface area contributed by atoms with E-state index in [-0.39, 0.29) is 24.4 Å². The van der Waals surface area contributed by atoms with Gasteiger partial charge in [-0.05, 0) is 79.5 Å². The van der Waals surface area contributed by atoms with Crippen molar-refractivity contribution in [2.75, 3.05) is 11.5 Å². The maximum absolute atomic E-state index is 13.7. The fourth-order valence-corrected chi connectivity index (χ4v) is 8.46. The Labute approximate surface area is 308 Å². The quantitative estimate of drug-likeness (QED) is 0.123. The number of anilines is 2. The first-order valence-electron chi connectivity index (χ1n) is 17.9. The van der Waals surface area contributed by atoms with Crippen LogP contribution in [-0.4, -0.2) is 11.6 Å². The van der Waals surface area contributed by atoms with Gasteiger partial charge in [0.05, 0.1) is 5.41 Å². The molecule has 254 valence electrons. The summed E-state index contributed by atoms with van der Waals surface area (Å²) in [4.78, 5) is 27.4. The lowest BCUT2D eigenvalue weighted by molar-refractivity contribution is 0.0986. The predicted octanol–water partition coefficient (Wildman–Crippen LogP) is 10.4. The molecule has 8 aromatic carbocycles. The Morgan fingerprint density at radius 2 is 0.755 bits per heavy atom. The van der Waals surface area contributed by atoms with Gasteiger partial charge in [-0.25, -0.2) is 0 Å². The molecule has 0 amide bonds. The molecular weight excluding hydrogens is 649 g/mol. The Hall–Kier alpha value is -6.78. The molecule has 4 heteroatoms. The number of hydrogen-bond acceptors (Lipinski definition) is 4. The fourth-order valence-electron chi connectivity index (χ4n) is 8.46. The number of fused-ring (bicyclic) bond motifs is 5. The van der Waals surface area contributed by atoms with E-state index in [1.54, 1.807) is 0 Å². The van der Waals surface area contributed by atoms with Gasteiger partial charge >= 0.3 is 0 Å². The summed E-state index contributed by atoms with van der Waals surface area (Å²) < 4.78 is 0. The van der Waals surface area contributed by atoms with Gasteiger partial charge in [0.1, 0.15) is 0 Å². The highest BCUT2D eigenvalue weighted by Crippen LogP contribution is 2.56. The lowest BCUT2D eigenvalue weighted by atomic mass is 9.67. The van der Waals surface area contributed by atoms with Crippen LogP contribution in [0.25, 0.3) is 32.7 Å². The van der Waals surface area contributed by atoms with E-state index in [0.29, 0.717) is 22.5 Å². The van der Waals surface area contributed by atoms with Crippen molar-refractivity contribution in [1.82, 2.24) is 0 Å². The summed E-state index contributed by atoms with van der Waals surface area (Å²) in [5.41, 5.74) is 23.5. The molecule has 8 aromatic rings. The number of nitrogens with two attached hydrogens (primary N) is 2. The van der Waals surface area contributed by atoms with Gasteiger partial charge in [0.15, 0.2) is 11.6 Å². The highest BCUT2D eigenvalue weighted by atomic mass is 16.1. The molecular formula is C49H36N2O2. The van der Waals surface area contributed by atoms with Gasteiger partial charge in [-0.15, -0.1) is 0 Å². The van der Waals surface area contributed by atoms with Crippen LogP contribution >= 0.6 is 0 Å². The molecule has 4 N–H and O–H groups in total. The SMILES string of the molecule is Nc1ccc(C(=O)Cc2ccc(C3(c4ccc(CC(=O)c5ccc(N)c6ccccc56)cc4)c4ccccc4-c4ccccc43)cc2)c2ccccc12. The van der Waals surface area contributed by atoms with E-state index in [1.165, 1.54) is 22.3 Å². The Kier molecular flexibility index (Phi) is 7.74. The Morgan fingerprint density at radius 1 is 0.396 bits per heavy atom. The number of Topliss-reactive ketones (excluding diaryl/α,β-unsaturated/α-hetero) is 2. The minimum absolute atomic E-state index is 0.0531. The fraction of sp³-hybridized carbons (Fsp3) is 0.0612. The van der Waals surface area contributed by atoms with Crippen molar-refractivity contribution in [2.24, 2.45) is 0 Å². The zero-order valence-corrected chi connectivity index (χ0v) is 29.1. The monoisotopic (exact) mass is 684 g/mol. The molecule has 0 unspecified atom stereocenters. The number of rotatable bonds is 8. The average Bonchev–Trinajstić information content (AvgIpc) is 3.50. The van der Waals surface area contributed by atoms with E-state index in [0.717, 1.165) is 43.8 Å². The highest BCUT2D eigenvalue weighted by molar-refractivity contribution is 6.12. The average molecular weight is 685 g/mol. The van der Waals surface area contributed by atoms with Crippen LogP contribution in [0, 0.1) is 0 Å². The molecule has 1 aliphatic rings. The molecule has 0 fully saturated rings. The predicted molar refractivity (Wildman–Crippen MR) is 217 cm³/mol. The van der Waals surface area contributed by atoms with Crippen LogP contribution in [0.15, 0.2) is 170 Å². The molecule has 53 heavy (non-hydrogen) atoms. The third-order valence-corrected chi connectivity index (χ3v) is 11.0. The number of benzene rings is 8. The topological polar surface area (TPSA) is 86.2 Å². The minimum Gasteiger partial charge on any atom is -0.398 e. The van der Waals surface area contributed by atoms with Crippen LogP contribution in [0.2, 0.25) is 0 Å². The van der Waals surface area contributed by atoms with Crippen LogP contribution in [0.3, 0.4) is 0 Å². The molecule has 9 rings (SSSR count). The van der Waals surface area contributed by atoms with Crippen molar-refractivity contribution >= 4 is 44.5 Å². The molecule has 0 aromatic heterocycles. The molecule has 0 bridgehead atoms. The van der Waals surface area contributed by atoms with Gasteiger partial charge in [-0.2, -0.15) is 0 Å². The van der Waals surface area contributed by atoms with Crippen LogP contribution in [-0.2, 0) is 18.3 Å². The molecule has 0 aliphatic heterocycles. The van der Waals surface area contributed by atoms with Crippen molar-refractivity contribution in [3.8, 4) is 11.1 Å². The lowest BCUT2D eigenvalue weighted by Gasteiger charge is -2.34. The minimum atomic E-state index is -0.599. The highest BCUT2D eigenvalue weighted by Gasteiger charge is 2.45. The number of carbonyl (C=O) groups is 2. The summed E-state index contributed by atoms with van der Waals surface area (Å²) in [6, 6.07) is 57.2. The Morgan fingerprint density at radius 3 is 1.17 bits per heavy atom. The van der Waals surface area contributed by atoms with Crippen LogP contribution < -0.4 is 11.5 Å². The summed E-state index contributed by atoms with van der Waals surface area (Å²) in [5.74, 6) is 0.106. The van der Waals surface area contributed by atoms with Gasteiger partial charge in [0.2, 0.25) is 0 Å². The van der Waals surface area contributed by atoms with E-state index in [1.807, 2.05) is 72.8 Å². The lowest BCUT2D eigenvalue weighted by Crippen LogP contribution is -2.28. The number of hydrogen-bond donors (Lipinski definition) is 2. The van der Waals surface area contributed by atoms with Crippen molar-refractivity contribution in [3.63, 3.8) is 0 Å². The zero-order chi connectivity index (χ0) is 36.1. The second-order valence-electron chi connectivity index (χ2n) is 13.9. The standard InChI is InChI=1S/C49H36N2O2/c50-45-27-25-41(35-9-1-3-13-39(35)45)47(52)29-31-17-21-33(22-18-31)49(43-15-7-5-11-37(43)38-12-6-8-16-44(38)49)34-23-19-32(20-24-34)30-48(53)42-26-28-46(51)40-14-4-2-10-36(40)42/h1-28H,29-30,50-51H2. The van der Waals surface area contributed by atoms with E-state index >= 15 is 0 Å². The van der Waals surface area contributed by atoms with Crippen LogP contribution in [0.4, 0.5) is 11.4 Å². The second kappa shape index (κ2) is 12.8. The van der Waals surface area contributed by atoms with Crippen LogP contribution in [0.1, 0.15) is 54.1 Å². The number of nitrogen functional groups attached to an aromatic ring is 2. The maximum atomic E-state index is 13.7. The van der Waals surface area contributed by atoms with Crippen molar-refractivity contribution in [3.05, 3.63) is 214 Å². The largest absolute Gasteiger partial charge is 0.398 e. The Bertz CT molecular complexity index is 2540. The summed E-state index contributed by atoms with van der Waals surface area (Å²) in [6.07, 6.45) is 0.556. The smallest absolute Gasteiger partial charge is 0.167 e. The summed E-state index contributed by atoms with van der Waals surface area (Å²) in [6.45, 7) is 0. The van der Waals surface area contributed by atoms with Gasteiger partial charge in [0, 0.05) is 46.1 Å². The van der Waals surface area contributed by atoms with E-state index in [2.05, 4.69) is 97.1 Å². The first-order chi connectivity index (χ1) is 25.9.